The molecule has 0 aromatic heterocycles. The molecule has 0 aromatic carbocycles. The third kappa shape index (κ3) is 1.49. The number of allylic oxidation sites excluding steroid dienone is 2. The van der Waals surface area contributed by atoms with Crippen LogP contribution < -0.4 is 11.1 Å². The average Bonchev–Trinajstić information content (AvgIpc) is 2.32. The van der Waals surface area contributed by atoms with Gasteiger partial charge < -0.3 is 11.1 Å². The summed E-state index contributed by atoms with van der Waals surface area (Å²) in [6, 6.07) is 0. The van der Waals surface area contributed by atoms with Gasteiger partial charge >= 0.3 is 0 Å². The third-order valence-electron chi connectivity index (χ3n) is 1.47. The van der Waals surface area contributed by atoms with Crippen molar-refractivity contribution in [3.8, 4) is 0 Å². The van der Waals surface area contributed by atoms with Gasteiger partial charge in [-0.1, -0.05) is 6.58 Å². The summed E-state index contributed by atoms with van der Waals surface area (Å²) in [5, 5.41) is 2.65. The zero-order chi connectivity index (χ0) is 8.27. The molecule has 58 valence electrons. The van der Waals surface area contributed by atoms with E-state index in [0.29, 0.717) is 6.42 Å². The van der Waals surface area contributed by atoms with Crippen molar-refractivity contribution in [2.75, 3.05) is 0 Å². The smallest absolute Gasteiger partial charge is 0.228 e. The lowest BCUT2D eigenvalue weighted by molar-refractivity contribution is -0.118. The van der Waals surface area contributed by atoms with E-state index < -0.39 is 0 Å². The van der Waals surface area contributed by atoms with Crippen LogP contribution in [0.5, 0.6) is 0 Å². The molecule has 0 bridgehead atoms. The second-order valence-electron chi connectivity index (χ2n) is 2.23. The topological polar surface area (TPSA) is 55.1 Å². The maximum absolute atomic E-state index is 10.8. The van der Waals surface area contributed by atoms with Gasteiger partial charge in [-0.3, -0.25) is 4.79 Å². The predicted molar refractivity (Wildman–Crippen MR) is 43.3 cm³/mol. The lowest BCUT2D eigenvalue weighted by Gasteiger charge is -1.93. The van der Waals surface area contributed by atoms with Gasteiger partial charge in [-0.15, -0.1) is 0 Å². The van der Waals surface area contributed by atoms with E-state index in [2.05, 4.69) is 11.9 Å². The number of amides is 1. The van der Waals surface area contributed by atoms with Crippen molar-refractivity contribution in [2.45, 2.75) is 6.42 Å². The van der Waals surface area contributed by atoms with Crippen LogP contribution in [-0.2, 0) is 4.79 Å². The number of rotatable bonds is 2. The number of carbonyl (C=O) groups is 1. The molecule has 3 heteroatoms. The number of nitrogens with two attached hydrogens (primary N) is 1. The Labute approximate surface area is 65.3 Å². The van der Waals surface area contributed by atoms with Crippen LogP contribution >= 0.6 is 0 Å². The first-order valence-corrected chi connectivity index (χ1v) is 3.31. The van der Waals surface area contributed by atoms with Gasteiger partial charge in [0.15, 0.2) is 0 Å². The summed E-state index contributed by atoms with van der Waals surface area (Å²) in [5.74, 6) is -0.00648. The normalized spacial score (nSPS) is 17.6. The maximum Gasteiger partial charge on any atom is 0.228 e. The largest absolute Gasteiger partial charge is 0.405 e. The summed E-state index contributed by atoms with van der Waals surface area (Å²) in [7, 11) is 0. The molecule has 1 aliphatic heterocycles. The first kappa shape index (κ1) is 7.60. The molecular formula is C8H10N2O. The van der Waals surface area contributed by atoms with E-state index in [4.69, 9.17) is 5.73 Å². The monoisotopic (exact) mass is 150 g/mol. The molecule has 0 aromatic rings. The minimum absolute atomic E-state index is 0.00648. The minimum atomic E-state index is -0.00648. The fourth-order valence-electron chi connectivity index (χ4n) is 0.990. The molecule has 0 spiro atoms. The molecule has 0 radical (unpaired) electrons. The van der Waals surface area contributed by atoms with Crippen LogP contribution in [0.25, 0.3) is 0 Å². The van der Waals surface area contributed by atoms with E-state index >= 15 is 0 Å². The molecule has 0 aliphatic carbocycles. The number of nitrogens with one attached hydrogen (secondary N) is 1. The Morgan fingerprint density at radius 2 is 2.36 bits per heavy atom. The van der Waals surface area contributed by atoms with Crippen LogP contribution in [0.4, 0.5) is 0 Å². The summed E-state index contributed by atoms with van der Waals surface area (Å²) in [5.41, 5.74) is 6.84. The zero-order valence-corrected chi connectivity index (χ0v) is 6.13. The van der Waals surface area contributed by atoms with Crippen molar-refractivity contribution in [3.05, 3.63) is 36.2 Å². The summed E-state index contributed by atoms with van der Waals surface area (Å²) in [6.07, 6.45) is 5.13. The fraction of sp³-hybridized carbons (Fsp3) is 0.125. The summed E-state index contributed by atoms with van der Waals surface area (Å²) < 4.78 is 0. The first-order valence-electron chi connectivity index (χ1n) is 3.31. The fourth-order valence-corrected chi connectivity index (χ4v) is 0.990. The van der Waals surface area contributed by atoms with Crippen LogP contribution in [0.2, 0.25) is 0 Å². The molecule has 0 saturated carbocycles. The highest BCUT2D eigenvalue weighted by molar-refractivity contribution is 5.85. The molecule has 11 heavy (non-hydrogen) atoms. The average molecular weight is 150 g/mol. The van der Waals surface area contributed by atoms with E-state index in [1.54, 1.807) is 12.2 Å². The Balaban J connectivity index is 2.87. The molecular weight excluding hydrogens is 140 g/mol. The van der Waals surface area contributed by atoms with Gasteiger partial charge in [0, 0.05) is 5.70 Å². The molecule has 1 rings (SSSR count). The molecule has 3 nitrogen and oxygen atoms in total. The second-order valence-corrected chi connectivity index (χ2v) is 2.23. The Hall–Kier alpha value is -1.51. The van der Waals surface area contributed by atoms with Crippen molar-refractivity contribution in [2.24, 2.45) is 5.73 Å². The van der Waals surface area contributed by atoms with E-state index in [9.17, 15) is 4.79 Å². The molecule has 1 amide bonds. The van der Waals surface area contributed by atoms with E-state index in [1.807, 2.05) is 0 Å². The van der Waals surface area contributed by atoms with Gasteiger partial charge in [0.1, 0.15) is 0 Å². The molecule has 1 aliphatic rings. The highest BCUT2D eigenvalue weighted by Crippen LogP contribution is 2.15. The maximum atomic E-state index is 10.8. The van der Waals surface area contributed by atoms with E-state index in [1.165, 1.54) is 6.20 Å². The van der Waals surface area contributed by atoms with E-state index in [-0.39, 0.29) is 5.91 Å². The predicted octanol–water partition coefficient (Wildman–Crippen LogP) is 0.419. The standard InChI is InChI=1S/C8H10N2O/c1-2-7-6(3-4-9)5-8(11)10-7/h2-4H,1,5,9H2,(H,10,11)/b4-3+. The van der Waals surface area contributed by atoms with Crippen LogP contribution in [0, 0.1) is 0 Å². The van der Waals surface area contributed by atoms with Crippen molar-refractivity contribution in [1.29, 1.82) is 0 Å². The first-order chi connectivity index (χ1) is 5.27. The minimum Gasteiger partial charge on any atom is -0.405 e. The van der Waals surface area contributed by atoms with E-state index in [0.717, 1.165) is 11.3 Å². The van der Waals surface area contributed by atoms with Gasteiger partial charge in [-0.05, 0) is 23.9 Å². The van der Waals surface area contributed by atoms with Crippen LogP contribution in [0.3, 0.4) is 0 Å². The summed E-state index contributed by atoms with van der Waals surface area (Å²) in [4.78, 5) is 10.8. The molecule has 0 saturated heterocycles. The van der Waals surface area contributed by atoms with Crippen molar-refractivity contribution < 1.29 is 4.79 Å². The highest BCUT2D eigenvalue weighted by Gasteiger charge is 2.15. The quantitative estimate of drug-likeness (QED) is 0.599. The molecule has 0 unspecified atom stereocenters. The number of hydrogen-bond acceptors (Lipinski definition) is 2. The van der Waals surface area contributed by atoms with Gasteiger partial charge in [-0.25, -0.2) is 0 Å². The van der Waals surface area contributed by atoms with Crippen molar-refractivity contribution in [3.63, 3.8) is 0 Å². The van der Waals surface area contributed by atoms with Gasteiger partial charge in [-0.2, -0.15) is 0 Å². The molecule has 0 atom stereocenters. The van der Waals surface area contributed by atoms with Gasteiger partial charge in [0.2, 0.25) is 5.91 Å². The van der Waals surface area contributed by atoms with Gasteiger partial charge in [0.05, 0.1) is 6.42 Å². The number of carbonyl (C=O) groups excluding carboxylic acids is 1. The molecule has 1 heterocycles. The molecule has 3 N–H and O–H groups in total. The van der Waals surface area contributed by atoms with Gasteiger partial charge in [0.25, 0.3) is 0 Å². The van der Waals surface area contributed by atoms with Crippen molar-refractivity contribution >= 4 is 5.91 Å². The Bertz CT molecular complexity index is 251. The second kappa shape index (κ2) is 3.05. The van der Waals surface area contributed by atoms with Crippen LogP contribution in [-0.4, -0.2) is 5.91 Å². The van der Waals surface area contributed by atoms with Crippen molar-refractivity contribution in [1.82, 2.24) is 5.32 Å². The Morgan fingerprint density at radius 3 is 2.91 bits per heavy atom. The SMILES string of the molecule is C=CC1=C(/C=C/N)CC(=O)N1. The summed E-state index contributed by atoms with van der Waals surface area (Å²) in [6.45, 7) is 3.56. The Morgan fingerprint density at radius 1 is 1.64 bits per heavy atom. The Kier molecular flexibility index (Phi) is 2.11. The lowest BCUT2D eigenvalue weighted by Crippen LogP contribution is -2.13. The highest BCUT2D eigenvalue weighted by atomic mass is 16.1. The zero-order valence-electron chi connectivity index (χ0n) is 6.13. The molecule has 0 fully saturated rings. The van der Waals surface area contributed by atoms with Crippen LogP contribution in [0.15, 0.2) is 36.2 Å². The third-order valence-corrected chi connectivity index (χ3v) is 1.47. The lowest BCUT2D eigenvalue weighted by atomic mass is 10.2. The van der Waals surface area contributed by atoms with Crippen LogP contribution in [0.1, 0.15) is 6.42 Å². The number of hydrogen-bond donors (Lipinski definition) is 2. The summed E-state index contributed by atoms with van der Waals surface area (Å²) >= 11 is 0.